The van der Waals surface area contributed by atoms with Gasteiger partial charge >= 0.3 is 0 Å². The van der Waals surface area contributed by atoms with Crippen LogP contribution in [0.3, 0.4) is 0 Å². The van der Waals surface area contributed by atoms with E-state index in [0.29, 0.717) is 25.7 Å². The van der Waals surface area contributed by atoms with Crippen molar-refractivity contribution in [3.63, 3.8) is 0 Å². The number of nitrogens with zero attached hydrogens (tertiary/aromatic N) is 2. The molecule has 0 aromatic carbocycles. The molecule has 0 aromatic heterocycles. The topological polar surface area (TPSA) is 52.7 Å². The average molecular weight is 269 g/mol. The Morgan fingerprint density at radius 3 is 2.21 bits per heavy atom. The van der Waals surface area contributed by atoms with E-state index in [1.165, 1.54) is 17.7 Å². The summed E-state index contributed by atoms with van der Waals surface area (Å²) in [7, 11) is 1.69. The third kappa shape index (κ3) is 5.19. The largest absolute Gasteiger partial charge is 0.342 e. The first kappa shape index (κ1) is 16.0. The molecule has 1 aliphatic carbocycles. The van der Waals surface area contributed by atoms with Crippen LogP contribution in [0.1, 0.15) is 39.5 Å². The molecule has 1 N–H and O–H groups in total. The first-order valence-corrected chi connectivity index (χ1v) is 7.33. The van der Waals surface area contributed by atoms with Crippen LogP contribution in [-0.4, -0.2) is 60.9 Å². The maximum absolute atomic E-state index is 11.9. The van der Waals surface area contributed by atoms with Gasteiger partial charge in [0.25, 0.3) is 0 Å². The van der Waals surface area contributed by atoms with Crippen LogP contribution < -0.4 is 5.32 Å². The van der Waals surface area contributed by atoms with Crippen molar-refractivity contribution in [1.29, 1.82) is 0 Å². The van der Waals surface area contributed by atoms with Gasteiger partial charge in [0.2, 0.25) is 11.8 Å². The standard InChI is InChI=1S/C14H27N3O2/c1-4-17(5-2)14(19)11-16(3)13(18)10-15-12-8-6-7-9-12/h12,15H,4-11H2,1-3H3. The Morgan fingerprint density at radius 2 is 1.68 bits per heavy atom. The SMILES string of the molecule is CCN(CC)C(=O)CN(C)C(=O)CNC1CCCC1. The van der Waals surface area contributed by atoms with E-state index in [4.69, 9.17) is 0 Å². The average Bonchev–Trinajstić information content (AvgIpc) is 2.90. The molecule has 2 amide bonds. The highest BCUT2D eigenvalue weighted by Gasteiger charge is 2.19. The van der Waals surface area contributed by atoms with E-state index in [-0.39, 0.29) is 18.4 Å². The second-order valence-corrected chi connectivity index (χ2v) is 5.18. The van der Waals surface area contributed by atoms with Gasteiger partial charge in [0.15, 0.2) is 0 Å². The molecule has 0 aliphatic heterocycles. The van der Waals surface area contributed by atoms with Crippen molar-refractivity contribution in [1.82, 2.24) is 15.1 Å². The lowest BCUT2D eigenvalue weighted by molar-refractivity contribution is -0.138. The maximum Gasteiger partial charge on any atom is 0.242 e. The summed E-state index contributed by atoms with van der Waals surface area (Å²) in [6.07, 6.45) is 4.83. The van der Waals surface area contributed by atoms with Crippen LogP contribution in [0.5, 0.6) is 0 Å². The monoisotopic (exact) mass is 269 g/mol. The van der Waals surface area contributed by atoms with Crippen molar-refractivity contribution < 1.29 is 9.59 Å². The lowest BCUT2D eigenvalue weighted by Gasteiger charge is -2.23. The minimum atomic E-state index is -0.00703. The fourth-order valence-electron chi connectivity index (χ4n) is 2.46. The highest BCUT2D eigenvalue weighted by molar-refractivity contribution is 5.85. The van der Waals surface area contributed by atoms with Gasteiger partial charge in [-0.15, -0.1) is 0 Å². The lowest BCUT2D eigenvalue weighted by Crippen LogP contribution is -2.44. The van der Waals surface area contributed by atoms with Crippen LogP contribution in [0.25, 0.3) is 0 Å². The molecule has 5 heteroatoms. The molecule has 0 saturated heterocycles. The van der Waals surface area contributed by atoms with Gasteiger partial charge in [-0.25, -0.2) is 0 Å². The molecule has 1 fully saturated rings. The summed E-state index contributed by atoms with van der Waals surface area (Å²) in [4.78, 5) is 27.1. The van der Waals surface area contributed by atoms with Gasteiger partial charge in [-0.2, -0.15) is 0 Å². The highest BCUT2D eigenvalue weighted by atomic mass is 16.2. The smallest absolute Gasteiger partial charge is 0.242 e. The summed E-state index contributed by atoms with van der Waals surface area (Å²) in [6.45, 7) is 5.80. The van der Waals surface area contributed by atoms with Crippen LogP contribution >= 0.6 is 0 Å². The molecule has 0 bridgehead atoms. The zero-order valence-corrected chi connectivity index (χ0v) is 12.4. The van der Waals surface area contributed by atoms with Crippen LogP contribution in [0.4, 0.5) is 0 Å². The van der Waals surface area contributed by atoms with Crippen LogP contribution in [0.15, 0.2) is 0 Å². The summed E-state index contributed by atoms with van der Waals surface area (Å²) >= 11 is 0. The molecule has 0 heterocycles. The highest BCUT2D eigenvalue weighted by Crippen LogP contribution is 2.17. The molecule has 1 saturated carbocycles. The second kappa shape index (κ2) is 8.15. The molecule has 110 valence electrons. The molecule has 0 aromatic rings. The fraction of sp³-hybridized carbons (Fsp3) is 0.857. The molecule has 19 heavy (non-hydrogen) atoms. The number of likely N-dealkylation sites (N-methyl/N-ethyl adjacent to an activating group) is 2. The van der Waals surface area contributed by atoms with Gasteiger partial charge in [-0.3, -0.25) is 9.59 Å². The summed E-state index contributed by atoms with van der Waals surface area (Å²) in [6, 6.07) is 0.482. The summed E-state index contributed by atoms with van der Waals surface area (Å²) < 4.78 is 0. The van der Waals surface area contributed by atoms with E-state index in [9.17, 15) is 9.59 Å². The first-order valence-electron chi connectivity index (χ1n) is 7.33. The number of carbonyl (C=O) groups is 2. The van der Waals surface area contributed by atoms with Gasteiger partial charge in [-0.05, 0) is 26.7 Å². The third-order valence-corrected chi connectivity index (χ3v) is 3.81. The zero-order chi connectivity index (χ0) is 14.3. The lowest BCUT2D eigenvalue weighted by atomic mass is 10.2. The quantitative estimate of drug-likeness (QED) is 0.745. The predicted molar refractivity (Wildman–Crippen MR) is 75.8 cm³/mol. The number of carbonyl (C=O) groups excluding carboxylic acids is 2. The van der Waals surface area contributed by atoms with Gasteiger partial charge in [-0.1, -0.05) is 12.8 Å². The number of rotatable bonds is 7. The fourth-order valence-corrected chi connectivity index (χ4v) is 2.46. The molecule has 0 unspecified atom stereocenters. The molecular formula is C14H27N3O2. The van der Waals surface area contributed by atoms with Crippen LogP contribution in [0.2, 0.25) is 0 Å². The number of hydrogen-bond acceptors (Lipinski definition) is 3. The number of amides is 2. The van der Waals surface area contributed by atoms with Gasteiger partial charge in [0.05, 0.1) is 13.1 Å². The summed E-state index contributed by atoms with van der Waals surface area (Å²) in [5, 5.41) is 3.28. The van der Waals surface area contributed by atoms with Crippen molar-refractivity contribution in [3.05, 3.63) is 0 Å². The van der Waals surface area contributed by atoms with Crippen molar-refractivity contribution in [2.45, 2.75) is 45.6 Å². The van der Waals surface area contributed by atoms with E-state index in [1.54, 1.807) is 11.9 Å². The Kier molecular flexibility index (Phi) is 6.84. The minimum absolute atomic E-state index is 0.00703. The van der Waals surface area contributed by atoms with E-state index >= 15 is 0 Å². The number of nitrogens with one attached hydrogen (secondary N) is 1. The Hall–Kier alpha value is -1.10. The third-order valence-electron chi connectivity index (χ3n) is 3.81. The summed E-state index contributed by atoms with van der Waals surface area (Å²) in [5.74, 6) is 0.00845. The van der Waals surface area contributed by atoms with Crippen molar-refractivity contribution in [2.24, 2.45) is 0 Å². The van der Waals surface area contributed by atoms with Gasteiger partial charge in [0.1, 0.15) is 0 Å². The van der Waals surface area contributed by atoms with Crippen molar-refractivity contribution in [3.8, 4) is 0 Å². The molecule has 5 nitrogen and oxygen atoms in total. The van der Waals surface area contributed by atoms with E-state index in [2.05, 4.69) is 5.32 Å². The van der Waals surface area contributed by atoms with Crippen LogP contribution in [-0.2, 0) is 9.59 Å². The van der Waals surface area contributed by atoms with E-state index in [1.807, 2.05) is 13.8 Å². The van der Waals surface area contributed by atoms with Gasteiger partial charge in [0, 0.05) is 26.2 Å². The summed E-state index contributed by atoms with van der Waals surface area (Å²) in [5.41, 5.74) is 0. The van der Waals surface area contributed by atoms with Crippen molar-refractivity contribution >= 4 is 11.8 Å². The Labute approximate surface area is 116 Å². The Bertz CT molecular complexity index is 297. The Morgan fingerprint density at radius 1 is 1.11 bits per heavy atom. The van der Waals surface area contributed by atoms with Crippen LogP contribution in [0, 0.1) is 0 Å². The van der Waals surface area contributed by atoms with E-state index in [0.717, 1.165) is 12.8 Å². The predicted octanol–water partition coefficient (Wildman–Crippen LogP) is 0.845. The first-order chi connectivity index (χ1) is 9.08. The van der Waals surface area contributed by atoms with Crippen molar-refractivity contribution in [2.75, 3.05) is 33.2 Å². The normalized spacial score (nSPS) is 15.5. The maximum atomic E-state index is 11.9. The Balaban J connectivity index is 2.29. The molecule has 0 spiro atoms. The molecule has 0 atom stereocenters. The molecule has 1 rings (SSSR count). The van der Waals surface area contributed by atoms with Gasteiger partial charge < -0.3 is 15.1 Å². The molecule has 0 radical (unpaired) electrons. The molecular weight excluding hydrogens is 242 g/mol. The minimum Gasteiger partial charge on any atom is -0.342 e. The molecule has 1 aliphatic rings. The zero-order valence-electron chi connectivity index (χ0n) is 12.4. The van der Waals surface area contributed by atoms with E-state index < -0.39 is 0 Å². The number of hydrogen-bond donors (Lipinski definition) is 1. The second-order valence-electron chi connectivity index (χ2n) is 5.18.